The van der Waals surface area contributed by atoms with Crippen LogP contribution < -0.4 is 4.74 Å². The monoisotopic (exact) mass is 358 g/mol. The van der Waals surface area contributed by atoms with Gasteiger partial charge in [-0.3, -0.25) is 0 Å². The normalized spacial score (nSPS) is 21.9. The van der Waals surface area contributed by atoms with Gasteiger partial charge in [0.15, 0.2) is 0 Å². The van der Waals surface area contributed by atoms with Gasteiger partial charge in [0.05, 0.1) is 6.10 Å². The van der Waals surface area contributed by atoms with Crippen molar-refractivity contribution in [1.82, 2.24) is 0 Å². The molecular weight excluding hydrogens is 348 g/mol. The minimum Gasteiger partial charge on any atom is -0.484 e. The van der Waals surface area contributed by atoms with Gasteiger partial charge in [-0.05, 0) is 47.1 Å². The Morgan fingerprint density at radius 2 is 2.21 bits per heavy atom. The summed E-state index contributed by atoms with van der Waals surface area (Å²) in [7, 11) is 0. The van der Waals surface area contributed by atoms with Crippen molar-refractivity contribution in [3.63, 3.8) is 0 Å². The van der Waals surface area contributed by atoms with Gasteiger partial charge in [0.2, 0.25) is 0 Å². The van der Waals surface area contributed by atoms with Gasteiger partial charge in [-0.1, -0.05) is 11.6 Å². The van der Waals surface area contributed by atoms with Gasteiger partial charge in [0.1, 0.15) is 11.9 Å². The highest BCUT2D eigenvalue weighted by Crippen LogP contribution is 2.44. The van der Waals surface area contributed by atoms with Gasteiger partial charge in [-0.15, -0.1) is 11.3 Å². The number of ether oxygens (including phenoxy) is 1. The molecule has 1 aromatic carbocycles. The SMILES string of the molecule is Cc1sc(C2CC(O)c3cc(Cl)ccc3O2)cc1Br. The lowest BCUT2D eigenvalue weighted by Crippen LogP contribution is -2.18. The molecule has 3 rings (SSSR count). The lowest BCUT2D eigenvalue weighted by atomic mass is 9.98. The fourth-order valence-corrected chi connectivity index (χ4v) is 4.02. The van der Waals surface area contributed by atoms with Crippen molar-refractivity contribution in [2.75, 3.05) is 0 Å². The van der Waals surface area contributed by atoms with Crippen molar-refractivity contribution in [2.24, 2.45) is 0 Å². The Morgan fingerprint density at radius 3 is 2.89 bits per heavy atom. The number of aliphatic hydroxyl groups excluding tert-OH is 1. The Kier molecular flexibility index (Phi) is 3.60. The predicted molar refractivity (Wildman–Crippen MR) is 81.2 cm³/mol. The molecule has 0 saturated carbocycles. The zero-order valence-electron chi connectivity index (χ0n) is 10.2. The van der Waals surface area contributed by atoms with Crippen molar-refractivity contribution in [1.29, 1.82) is 0 Å². The molecule has 2 aromatic rings. The molecule has 2 unspecified atom stereocenters. The number of benzene rings is 1. The standard InChI is InChI=1S/C14H12BrClO2S/c1-7-10(15)5-14(19-7)13-6-11(17)9-4-8(16)2-3-12(9)18-13/h2-5,11,13,17H,6H2,1H3. The van der Waals surface area contributed by atoms with Gasteiger partial charge in [0.25, 0.3) is 0 Å². The van der Waals surface area contributed by atoms with Crippen molar-refractivity contribution in [3.05, 3.63) is 49.1 Å². The van der Waals surface area contributed by atoms with Gasteiger partial charge >= 0.3 is 0 Å². The fourth-order valence-electron chi connectivity index (χ4n) is 2.23. The molecular formula is C14H12BrClO2S. The van der Waals surface area contributed by atoms with Gasteiger partial charge in [0, 0.05) is 31.2 Å². The third kappa shape index (κ3) is 2.55. The number of aliphatic hydroxyl groups is 1. The molecule has 0 radical (unpaired) electrons. The highest BCUT2D eigenvalue weighted by molar-refractivity contribution is 9.10. The van der Waals surface area contributed by atoms with E-state index in [4.69, 9.17) is 16.3 Å². The largest absolute Gasteiger partial charge is 0.484 e. The maximum atomic E-state index is 10.2. The molecule has 19 heavy (non-hydrogen) atoms. The Bertz CT molecular complexity index is 606. The van der Waals surface area contributed by atoms with E-state index in [2.05, 4.69) is 28.9 Å². The van der Waals surface area contributed by atoms with Crippen LogP contribution in [0.25, 0.3) is 0 Å². The molecule has 2 atom stereocenters. The Morgan fingerprint density at radius 1 is 1.42 bits per heavy atom. The summed E-state index contributed by atoms with van der Waals surface area (Å²) in [5.74, 6) is 0.718. The van der Waals surface area contributed by atoms with E-state index in [1.165, 1.54) is 4.88 Å². The first kappa shape index (κ1) is 13.4. The van der Waals surface area contributed by atoms with Crippen LogP contribution in [-0.4, -0.2) is 5.11 Å². The summed E-state index contributed by atoms with van der Waals surface area (Å²) in [6, 6.07) is 7.44. The summed E-state index contributed by atoms with van der Waals surface area (Å²) >= 11 is 11.2. The summed E-state index contributed by atoms with van der Waals surface area (Å²) in [5, 5.41) is 10.9. The molecule has 0 saturated heterocycles. The lowest BCUT2D eigenvalue weighted by molar-refractivity contribution is 0.0674. The number of thiophene rings is 1. The zero-order valence-corrected chi connectivity index (χ0v) is 13.3. The molecule has 0 fully saturated rings. The summed E-state index contributed by atoms with van der Waals surface area (Å²) in [5.41, 5.74) is 0.774. The van der Waals surface area contributed by atoms with Gasteiger partial charge < -0.3 is 9.84 Å². The van der Waals surface area contributed by atoms with E-state index in [1.807, 2.05) is 6.07 Å². The van der Waals surface area contributed by atoms with Crippen molar-refractivity contribution < 1.29 is 9.84 Å². The maximum Gasteiger partial charge on any atom is 0.136 e. The molecule has 5 heteroatoms. The molecule has 0 aliphatic carbocycles. The van der Waals surface area contributed by atoms with Crippen LogP contribution in [0.2, 0.25) is 5.02 Å². The van der Waals surface area contributed by atoms with E-state index in [1.54, 1.807) is 23.5 Å². The molecule has 1 aliphatic heterocycles. The van der Waals surface area contributed by atoms with Crippen LogP contribution in [0.5, 0.6) is 5.75 Å². The van der Waals surface area contributed by atoms with Crippen molar-refractivity contribution in [2.45, 2.75) is 25.6 Å². The summed E-state index contributed by atoms with van der Waals surface area (Å²) in [6.45, 7) is 2.06. The number of halogens is 2. The number of hydrogen-bond acceptors (Lipinski definition) is 3. The Hall–Kier alpha value is -0.550. The molecule has 0 amide bonds. The second-order valence-electron chi connectivity index (χ2n) is 4.59. The Balaban J connectivity index is 1.94. The first-order chi connectivity index (χ1) is 9.04. The van der Waals surface area contributed by atoms with E-state index in [0.717, 1.165) is 20.7 Å². The van der Waals surface area contributed by atoms with E-state index >= 15 is 0 Å². The molecule has 0 spiro atoms. The number of hydrogen-bond donors (Lipinski definition) is 1. The summed E-state index contributed by atoms with van der Waals surface area (Å²) in [4.78, 5) is 2.35. The topological polar surface area (TPSA) is 29.5 Å². The van der Waals surface area contributed by atoms with E-state index in [0.29, 0.717) is 11.4 Å². The minimum absolute atomic E-state index is 0.0984. The van der Waals surface area contributed by atoms with Crippen molar-refractivity contribution in [3.8, 4) is 5.75 Å². The van der Waals surface area contributed by atoms with Crippen LogP contribution in [0.4, 0.5) is 0 Å². The summed E-state index contributed by atoms with van der Waals surface area (Å²) < 4.78 is 7.07. The fraction of sp³-hybridized carbons (Fsp3) is 0.286. The first-order valence-electron chi connectivity index (χ1n) is 5.94. The van der Waals surface area contributed by atoms with Gasteiger partial charge in [-0.2, -0.15) is 0 Å². The average Bonchev–Trinajstić information content (AvgIpc) is 2.70. The van der Waals surface area contributed by atoms with Crippen LogP contribution in [0.3, 0.4) is 0 Å². The second-order valence-corrected chi connectivity index (χ2v) is 7.17. The van der Waals surface area contributed by atoms with E-state index < -0.39 is 6.10 Å². The quantitative estimate of drug-likeness (QED) is 0.774. The smallest absolute Gasteiger partial charge is 0.136 e. The van der Waals surface area contributed by atoms with Crippen LogP contribution in [0.1, 0.15) is 33.9 Å². The Labute approximate surface area is 129 Å². The van der Waals surface area contributed by atoms with Gasteiger partial charge in [-0.25, -0.2) is 0 Å². The highest BCUT2D eigenvalue weighted by atomic mass is 79.9. The maximum absolute atomic E-state index is 10.2. The highest BCUT2D eigenvalue weighted by Gasteiger charge is 2.29. The predicted octanol–water partition coefficient (Wildman–Crippen LogP) is 5.03. The molecule has 2 heterocycles. The molecule has 1 aliphatic rings. The van der Waals surface area contributed by atoms with E-state index in [-0.39, 0.29) is 6.10 Å². The third-order valence-corrected chi connectivity index (χ3v) is 5.69. The average molecular weight is 360 g/mol. The van der Waals surface area contributed by atoms with Crippen LogP contribution in [0.15, 0.2) is 28.7 Å². The molecule has 100 valence electrons. The second kappa shape index (κ2) is 5.09. The molecule has 1 N–H and O–H groups in total. The lowest BCUT2D eigenvalue weighted by Gasteiger charge is -2.29. The van der Waals surface area contributed by atoms with Crippen molar-refractivity contribution >= 4 is 38.9 Å². The number of aryl methyl sites for hydroxylation is 1. The summed E-state index contributed by atoms with van der Waals surface area (Å²) in [6.07, 6.45) is -0.0768. The minimum atomic E-state index is -0.534. The molecule has 0 bridgehead atoms. The molecule has 2 nitrogen and oxygen atoms in total. The first-order valence-corrected chi connectivity index (χ1v) is 7.93. The van der Waals surface area contributed by atoms with Crippen LogP contribution in [-0.2, 0) is 0 Å². The molecule has 1 aromatic heterocycles. The third-order valence-electron chi connectivity index (χ3n) is 3.23. The van der Waals surface area contributed by atoms with Crippen LogP contribution in [0, 0.1) is 6.92 Å². The van der Waals surface area contributed by atoms with E-state index in [9.17, 15) is 5.11 Å². The number of fused-ring (bicyclic) bond motifs is 1. The zero-order chi connectivity index (χ0) is 13.6. The number of rotatable bonds is 1. The van der Waals surface area contributed by atoms with Crippen LogP contribution >= 0.6 is 38.9 Å².